The van der Waals surface area contributed by atoms with Crippen LogP contribution in [-0.2, 0) is 4.79 Å². The molecule has 2 rings (SSSR count). The van der Waals surface area contributed by atoms with E-state index >= 15 is 0 Å². The van der Waals surface area contributed by atoms with E-state index in [2.05, 4.69) is 0 Å². The van der Waals surface area contributed by atoms with Gasteiger partial charge in [0, 0.05) is 18.5 Å². The lowest BCUT2D eigenvalue weighted by Crippen LogP contribution is -2.41. The Morgan fingerprint density at radius 2 is 2.36 bits per heavy atom. The summed E-state index contributed by atoms with van der Waals surface area (Å²) in [7, 11) is 0. The summed E-state index contributed by atoms with van der Waals surface area (Å²) in [5, 5.41) is 0. The molecule has 2 aliphatic rings. The van der Waals surface area contributed by atoms with Crippen molar-refractivity contribution < 1.29 is 9.18 Å². The zero-order valence-electron chi connectivity index (χ0n) is 8.30. The van der Waals surface area contributed by atoms with Crippen molar-refractivity contribution in [1.29, 1.82) is 0 Å². The number of hydrogen-bond donors (Lipinski definition) is 0. The first kappa shape index (κ1) is 10.2. The van der Waals surface area contributed by atoms with Crippen LogP contribution in [0.25, 0.3) is 0 Å². The van der Waals surface area contributed by atoms with Gasteiger partial charge in [0.1, 0.15) is 6.17 Å². The molecule has 0 spiro atoms. The average molecular weight is 220 g/mol. The quantitative estimate of drug-likeness (QED) is 0.651. The Kier molecular flexibility index (Phi) is 2.46. The largest absolute Gasteiger partial charge is 0.338 e. The third-order valence-corrected chi connectivity index (χ3v) is 3.80. The van der Waals surface area contributed by atoms with Crippen LogP contribution in [0.15, 0.2) is 0 Å². The van der Waals surface area contributed by atoms with Crippen molar-refractivity contribution in [3.63, 3.8) is 0 Å². The highest BCUT2D eigenvalue weighted by atomic mass is 35.5. The Morgan fingerprint density at radius 1 is 1.71 bits per heavy atom. The topological polar surface area (TPSA) is 20.3 Å². The second-order valence-electron chi connectivity index (χ2n) is 4.54. The van der Waals surface area contributed by atoms with Crippen molar-refractivity contribution in [3.05, 3.63) is 0 Å². The predicted octanol–water partition coefficient (Wildman–Crippen LogP) is 1.96. The molecule has 1 saturated heterocycles. The number of nitrogens with zero attached hydrogens (tertiary/aromatic N) is 1. The van der Waals surface area contributed by atoms with E-state index in [0.29, 0.717) is 12.3 Å². The third kappa shape index (κ3) is 1.42. The highest BCUT2D eigenvalue weighted by molar-refractivity contribution is 6.18. The maximum atomic E-state index is 13.0. The maximum absolute atomic E-state index is 13.0. The lowest BCUT2D eigenvalue weighted by Gasteiger charge is -2.25. The highest BCUT2D eigenvalue weighted by Crippen LogP contribution is 2.50. The first-order chi connectivity index (χ1) is 6.59. The van der Waals surface area contributed by atoms with Gasteiger partial charge < -0.3 is 4.90 Å². The van der Waals surface area contributed by atoms with Gasteiger partial charge in [-0.2, -0.15) is 0 Å². The van der Waals surface area contributed by atoms with Crippen LogP contribution < -0.4 is 0 Å². The van der Waals surface area contributed by atoms with Gasteiger partial charge in [0.2, 0.25) is 5.91 Å². The van der Waals surface area contributed by atoms with Crippen molar-refractivity contribution >= 4 is 17.5 Å². The highest BCUT2D eigenvalue weighted by Gasteiger charge is 2.59. The fourth-order valence-electron chi connectivity index (χ4n) is 2.13. The molecule has 0 aromatic heterocycles. The Balaban J connectivity index is 2.04. The Morgan fingerprint density at radius 3 is 2.86 bits per heavy atom. The fraction of sp³-hybridized carbons (Fsp3) is 0.900. The van der Waals surface area contributed by atoms with Gasteiger partial charge in [-0.05, 0) is 26.2 Å². The van der Waals surface area contributed by atoms with E-state index in [0.717, 1.165) is 19.4 Å². The van der Waals surface area contributed by atoms with Crippen LogP contribution in [0.1, 0.15) is 26.2 Å². The minimum Gasteiger partial charge on any atom is -0.338 e. The zero-order valence-corrected chi connectivity index (χ0v) is 9.06. The fourth-order valence-corrected chi connectivity index (χ4v) is 2.45. The maximum Gasteiger partial charge on any atom is 0.231 e. The number of rotatable bonds is 2. The molecule has 14 heavy (non-hydrogen) atoms. The molecule has 0 aromatic carbocycles. The Hall–Kier alpha value is -0.310. The number of amides is 1. The molecule has 3 unspecified atom stereocenters. The van der Waals surface area contributed by atoms with Crippen LogP contribution in [-0.4, -0.2) is 35.4 Å². The molecule has 1 amide bonds. The van der Waals surface area contributed by atoms with Crippen LogP contribution in [0, 0.1) is 5.41 Å². The number of halogens is 2. The summed E-state index contributed by atoms with van der Waals surface area (Å²) in [5.41, 5.74) is -0.728. The summed E-state index contributed by atoms with van der Waals surface area (Å²) in [6.07, 6.45) is 1.40. The van der Waals surface area contributed by atoms with E-state index in [1.807, 2.05) is 0 Å². The second kappa shape index (κ2) is 3.37. The van der Waals surface area contributed by atoms with Gasteiger partial charge in [0.25, 0.3) is 0 Å². The van der Waals surface area contributed by atoms with E-state index < -0.39 is 11.6 Å². The van der Waals surface area contributed by atoms with Crippen LogP contribution in [0.4, 0.5) is 4.39 Å². The van der Waals surface area contributed by atoms with E-state index in [1.54, 1.807) is 11.8 Å². The van der Waals surface area contributed by atoms with Gasteiger partial charge >= 0.3 is 0 Å². The molecule has 0 radical (unpaired) electrons. The van der Waals surface area contributed by atoms with Gasteiger partial charge in [-0.3, -0.25) is 4.79 Å². The third-order valence-electron chi connectivity index (χ3n) is 3.44. The second-order valence-corrected chi connectivity index (χ2v) is 4.85. The number of hydrogen-bond acceptors (Lipinski definition) is 1. The molecular formula is C10H15ClFNO. The van der Waals surface area contributed by atoms with E-state index in [9.17, 15) is 9.18 Å². The molecular weight excluding hydrogens is 205 g/mol. The lowest BCUT2D eigenvalue weighted by atomic mass is 10.1. The minimum absolute atomic E-state index is 0.0341. The lowest BCUT2D eigenvalue weighted by molar-refractivity contribution is -0.137. The van der Waals surface area contributed by atoms with E-state index in [-0.39, 0.29) is 11.9 Å². The van der Waals surface area contributed by atoms with Gasteiger partial charge in [0.15, 0.2) is 0 Å². The molecule has 1 aliphatic carbocycles. The Labute approximate surface area is 88.4 Å². The SMILES string of the molecule is CC1(C(=O)N2CCCC2CCl)CC1F. The summed E-state index contributed by atoms with van der Waals surface area (Å²) < 4.78 is 13.0. The van der Waals surface area contributed by atoms with E-state index in [4.69, 9.17) is 11.6 Å². The van der Waals surface area contributed by atoms with Gasteiger partial charge in [-0.1, -0.05) is 0 Å². The summed E-state index contributed by atoms with van der Waals surface area (Å²) >= 11 is 5.77. The normalized spacial score (nSPS) is 41.5. The van der Waals surface area contributed by atoms with Crippen molar-refractivity contribution in [1.82, 2.24) is 4.90 Å². The predicted molar refractivity (Wildman–Crippen MR) is 53.1 cm³/mol. The summed E-state index contributed by atoms with van der Waals surface area (Å²) in [6, 6.07) is 0.133. The van der Waals surface area contributed by atoms with Crippen LogP contribution >= 0.6 is 11.6 Å². The minimum atomic E-state index is -0.938. The van der Waals surface area contributed by atoms with E-state index in [1.165, 1.54) is 0 Å². The van der Waals surface area contributed by atoms with Gasteiger partial charge in [-0.15, -0.1) is 11.6 Å². The molecule has 4 heteroatoms. The smallest absolute Gasteiger partial charge is 0.231 e. The van der Waals surface area contributed by atoms with Crippen LogP contribution in [0.5, 0.6) is 0 Å². The monoisotopic (exact) mass is 219 g/mol. The van der Waals surface area contributed by atoms with Crippen LogP contribution in [0.3, 0.4) is 0 Å². The number of carbonyl (C=O) groups excluding carboxylic acids is 1. The van der Waals surface area contributed by atoms with Crippen molar-refractivity contribution in [2.45, 2.75) is 38.4 Å². The standard InChI is InChI=1S/C10H15ClFNO/c1-10(5-8(10)12)9(14)13-4-2-3-7(13)6-11/h7-8H,2-6H2,1H3. The number of carbonyl (C=O) groups is 1. The molecule has 1 saturated carbocycles. The van der Waals surface area contributed by atoms with Crippen molar-refractivity contribution in [2.24, 2.45) is 5.41 Å². The van der Waals surface area contributed by atoms with Crippen molar-refractivity contribution in [3.8, 4) is 0 Å². The van der Waals surface area contributed by atoms with Crippen molar-refractivity contribution in [2.75, 3.05) is 12.4 Å². The van der Waals surface area contributed by atoms with Gasteiger partial charge in [-0.25, -0.2) is 4.39 Å². The summed E-state index contributed by atoms with van der Waals surface area (Å²) in [6.45, 7) is 2.46. The summed E-state index contributed by atoms with van der Waals surface area (Å²) in [5.74, 6) is 0.437. The first-order valence-electron chi connectivity index (χ1n) is 5.10. The molecule has 0 bridgehead atoms. The zero-order chi connectivity index (χ0) is 10.3. The van der Waals surface area contributed by atoms with Crippen LogP contribution in [0.2, 0.25) is 0 Å². The van der Waals surface area contributed by atoms with Gasteiger partial charge in [0.05, 0.1) is 5.41 Å². The molecule has 0 aromatic rings. The molecule has 2 fully saturated rings. The number of likely N-dealkylation sites (tertiary alicyclic amines) is 1. The summed E-state index contributed by atoms with van der Waals surface area (Å²) in [4.78, 5) is 13.7. The molecule has 80 valence electrons. The number of alkyl halides is 2. The molecule has 1 aliphatic heterocycles. The Bertz CT molecular complexity index is 261. The first-order valence-corrected chi connectivity index (χ1v) is 5.64. The average Bonchev–Trinajstić information content (AvgIpc) is 2.67. The molecule has 2 nitrogen and oxygen atoms in total. The molecule has 0 N–H and O–H groups in total. The molecule has 3 atom stereocenters. The molecule has 1 heterocycles.